The Labute approximate surface area is 90.0 Å². The van der Waals surface area contributed by atoms with Crippen molar-refractivity contribution in [2.45, 2.75) is 45.2 Å². The highest BCUT2D eigenvalue weighted by Crippen LogP contribution is 2.45. The van der Waals surface area contributed by atoms with Gasteiger partial charge in [0.2, 0.25) is 0 Å². The van der Waals surface area contributed by atoms with Crippen molar-refractivity contribution < 1.29 is 23.9 Å². The van der Waals surface area contributed by atoms with Gasteiger partial charge in [-0.25, -0.2) is 0 Å². The van der Waals surface area contributed by atoms with Crippen LogP contribution in [-0.4, -0.2) is 28.0 Å². The Morgan fingerprint density at radius 1 is 1.33 bits per heavy atom. The maximum atomic E-state index is 11.0. The van der Waals surface area contributed by atoms with E-state index in [0.717, 1.165) is 0 Å². The summed E-state index contributed by atoms with van der Waals surface area (Å²) in [6.45, 7) is 3.85. The molecule has 0 fully saturated rings. The number of ether oxygens (including phenoxy) is 1. The zero-order valence-corrected chi connectivity index (χ0v) is 10.1. The van der Waals surface area contributed by atoms with Gasteiger partial charge < -0.3 is 14.5 Å². The number of carbonyl (C=O) groups is 1. The van der Waals surface area contributed by atoms with Crippen molar-refractivity contribution in [3.05, 3.63) is 0 Å². The second-order valence-electron chi connectivity index (χ2n) is 3.38. The molecule has 0 spiro atoms. The van der Waals surface area contributed by atoms with E-state index >= 15 is 0 Å². The summed E-state index contributed by atoms with van der Waals surface area (Å²) in [4.78, 5) is 29.0. The van der Waals surface area contributed by atoms with Gasteiger partial charge in [0.25, 0.3) is 0 Å². The van der Waals surface area contributed by atoms with Gasteiger partial charge in [0.15, 0.2) is 0 Å². The van der Waals surface area contributed by atoms with Gasteiger partial charge in [-0.15, -0.1) is 0 Å². The van der Waals surface area contributed by atoms with Crippen LogP contribution in [0.3, 0.4) is 0 Å². The van der Waals surface area contributed by atoms with Crippen LogP contribution in [0.1, 0.15) is 39.5 Å². The summed E-state index contributed by atoms with van der Waals surface area (Å²) in [7, 11) is -4.08. The molecule has 0 heterocycles. The molecule has 0 rings (SSSR count). The normalized spacial score (nSPS) is 13.6. The average Bonchev–Trinajstić information content (AvgIpc) is 2.10. The molecule has 0 radical (unpaired) electrons. The number of hydrogen-bond donors (Lipinski definition) is 2. The van der Waals surface area contributed by atoms with Gasteiger partial charge in [-0.2, -0.15) is 0 Å². The Morgan fingerprint density at radius 3 is 2.33 bits per heavy atom. The third-order valence-corrected chi connectivity index (χ3v) is 3.55. The molecule has 1 unspecified atom stereocenters. The van der Waals surface area contributed by atoms with Crippen LogP contribution < -0.4 is 0 Å². The lowest BCUT2D eigenvalue weighted by Crippen LogP contribution is -2.12. The van der Waals surface area contributed by atoms with E-state index in [2.05, 4.69) is 0 Å². The van der Waals surface area contributed by atoms with Crippen molar-refractivity contribution in [3.8, 4) is 0 Å². The predicted molar refractivity (Wildman–Crippen MR) is 56.6 cm³/mol. The Kier molecular flexibility index (Phi) is 6.81. The molecule has 0 aliphatic rings. The summed E-state index contributed by atoms with van der Waals surface area (Å²) in [6, 6.07) is 0. The van der Waals surface area contributed by atoms with Gasteiger partial charge in [0, 0.05) is 6.42 Å². The first-order valence-corrected chi connectivity index (χ1v) is 6.80. The maximum Gasteiger partial charge on any atom is 0.328 e. The zero-order chi connectivity index (χ0) is 11.9. The fourth-order valence-corrected chi connectivity index (χ4v) is 2.39. The van der Waals surface area contributed by atoms with E-state index in [1.54, 1.807) is 6.92 Å². The molecule has 0 aromatic heterocycles. The van der Waals surface area contributed by atoms with Crippen molar-refractivity contribution in [2.24, 2.45) is 0 Å². The van der Waals surface area contributed by atoms with E-state index in [1.165, 1.54) is 0 Å². The minimum atomic E-state index is -4.08. The molecule has 0 aliphatic carbocycles. The number of rotatable bonds is 7. The molecule has 0 saturated heterocycles. The number of esters is 1. The van der Waals surface area contributed by atoms with E-state index in [4.69, 9.17) is 14.5 Å². The molecule has 0 bridgehead atoms. The third kappa shape index (κ3) is 6.66. The maximum absolute atomic E-state index is 11.0. The van der Waals surface area contributed by atoms with Crippen LogP contribution in [0.5, 0.6) is 0 Å². The quantitative estimate of drug-likeness (QED) is 0.520. The molecular formula is C9H19O5P. The first-order valence-electron chi connectivity index (χ1n) is 5.12. The minimum Gasteiger partial charge on any atom is -0.466 e. The van der Waals surface area contributed by atoms with Gasteiger partial charge in [0.1, 0.15) is 0 Å². The molecule has 2 N–H and O–H groups in total. The molecule has 0 amide bonds. The van der Waals surface area contributed by atoms with E-state index in [-0.39, 0.29) is 12.8 Å². The largest absolute Gasteiger partial charge is 0.466 e. The summed E-state index contributed by atoms with van der Waals surface area (Å²) in [5, 5.41) is 0. The Hall–Kier alpha value is -0.380. The summed E-state index contributed by atoms with van der Waals surface area (Å²) in [5.41, 5.74) is -0.716. The standard InChI is InChI=1S/C9H19O5P/c1-3-5-8(15(11,12)13)6-7-9(10)14-4-2/h8H,3-7H2,1-2H3,(H2,11,12,13). The van der Waals surface area contributed by atoms with Crippen LogP contribution in [0, 0.1) is 0 Å². The number of carbonyl (C=O) groups excluding carboxylic acids is 1. The first-order chi connectivity index (χ1) is 6.91. The molecular weight excluding hydrogens is 219 g/mol. The highest BCUT2D eigenvalue weighted by Gasteiger charge is 2.28. The molecule has 15 heavy (non-hydrogen) atoms. The van der Waals surface area contributed by atoms with Gasteiger partial charge in [0.05, 0.1) is 12.3 Å². The summed E-state index contributed by atoms with van der Waals surface area (Å²) >= 11 is 0. The van der Waals surface area contributed by atoms with E-state index in [9.17, 15) is 9.36 Å². The van der Waals surface area contributed by atoms with Crippen molar-refractivity contribution in [2.75, 3.05) is 6.61 Å². The van der Waals surface area contributed by atoms with Crippen LogP contribution in [0.25, 0.3) is 0 Å². The lowest BCUT2D eigenvalue weighted by Gasteiger charge is -2.16. The van der Waals surface area contributed by atoms with Crippen LogP contribution in [0.15, 0.2) is 0 Å². The highest BCUT2D eigenvalue weighted by molar-refractivity contribution is 7.52. The number of hydrogen-bond acceptors (Lipinski definition) is 3. The van der Waals surface area contributed by atoms with Crippen LogP contribution in [0.2, 0.25) is 0 Å². The average molecular weight is 238 g/mol. The third-order valence-electron chi connectivity index (χ3n) is 2.08. The fourth-order valence-electron chi connectivity index (χ4n) is 1.33. The van der Waals surface area contributed by atoms with Crippen LogP contribution >= 0.6 is 7.60 Å². The van der Waals surface area contributed by atoms with E-state index < -0.39 is 19.2 Å². The smallest absolute Gasteiger partial charge is 0.328 e. The second-order valence-corrected chi connectivity index (χ2v) is 5.28. The monoisotopic (exact) mass is 238 g/mol. The SMILES string of the molecule is CCCC(CCC(=O)OCC)P(=O)(O)O. The minimum absolute atomic E-state index is 0.0730. The second kappa shape index (κ2) is 6.99. The van der Waals surface area contributed by atoms with E-state index in [0.29, 0.717) is 19.4 Å². The summed E-state index contributed by atoms with van der Waals surface area (Å²) in [5.74, 6) is -0.396. The van der Waals surface area contributed by atoms with Crippen molar-refractivity contribution in [1.29, 1.82) is 0 Å². The molecule has 1 atom stereocenters. The van der Waals surface area contributed by atoms with Crippen LogP contribution in [0.4, 0.5) is 0 Å². The van der Waals surface area contributed by atoms with Crippen molar-refractivity contribution in [1.82, 2.24) is 0 Å². The molecule has 0 aromatic rings. The fraction of sp³-hybridized carbons (Fsp3) is 0.889. The Morgan fingerprint density at radius 2 is 1.93 bits per heavy atom. The van der Waals surface area contributed by atoms with E-state index in [1.807, 2.05) is 6.92 Å². The topological polar surface area (TPSA) is 83.8 Å². The zero-order valence-electron chi connectivity index (χ0n) is 9.18. The summed E-state index contributed by atoms with van der Waals surface area (Å²) in [6.07, 6.45) is 1.39. The molecule has 90 valence electrons. The first kappa shape index (κ1) is 14.6. The molecule has 6 heteroatoms. The molecule has 5 nitrogen and oxygen atoms in total. The molecule has 0 aromatic carbocycles. The summed E-state index contributed by atoms with van der Waals surface area (Å²) < 4.78 is 15.7. The lowest BCUT2D eigenvalue weighted by atomic mass is 10.1. The van der Waals surface area contributed by atoms with Gasteiger partial charge in [-0.3, -0.25) is 9.36 Å². The van der Waals surface area contributed by atoms with Gasteiger partial charge in [-0.05, 0) is 19.8 Å². The Balaban J connectivity index is 4.08. The van der Waals surface area contributed by atoms with Crippen molar-refractivity contribution in [3.63, 3.8) is 0 Å². The molecule has 0 aliphatic heterocycles. The Bertz CT molecular complexity index is 235. The lowest BCUT2D eigenvalue weighted by molar-refractivity contribution is -0.143. The molecule has 0 saturated carbocycles. The van der Waals surface area contributed by atoms with Gasteiger partial charge in [-0.1, -0.05) is 13.3 Å². The van der Waals surface area contributed by atoms with Crippen molar-refractivity contribution >= 4 is 13.6 Å². The van der Waals surface area contributed by atoms with Crippen LogP contribution in [-0.2, 0) is 14.1 Å². The van der Waals surface area contributed by atoms with Gasteiger partial charge >= 0.3 is 13.6 Å². The predicted octanol–water partition coefficient (Wildman–Crippen LogP) is 1.68. The highest BCUT2D eigenvalue weighted by atomic mass is 31.2.